The summed E-state index contributed by atoms with van der Waals surface area (Å²) in [5, 5.41) is 0. The van der Waals surface area contributed by atoms with E-state index in [9.17, 15) is 4.79 Å². The predicted molar refractivity (Wildman–Crippen MR) is 102 cm³/mol. The van der Waals surface area contributed by atoms with Gasteiger partial charge in [0.1, 0.15) is 12.4 Å². The first kappa shape index (κ1) is 17.7. The SMILES string of the molecule is Cc1cccc(C(=O)c2ccc(OCCN3CCCCC3)c(C)c2)c1. The first-order valence-corrected chi connectivity index (χ1v) is 9.21. The van der Waals surface area contributed by atoms with Crippen LogP contribution in [0, 0.1) is 13.8 Å². The summed E-state index contributed by atoms with van der Waals surface area (Å²) in [6, 6.07) is 13.5. The van der Waals surface area contributed by atoms with Crippen molar-refractivity contribution in [2.24, 2.45) is 0 Å². The van der Waals surface area contributed by atoms with Crippen molar-refractivity contribution in [1.29, 1.82) is 0 Å². The molecule has 25 heavy (non-hydrogen) atoms. The van der Waals surface area contributed by atoms with Gasteiger partial charge in [0.05, 0.1) is 0 Å². The Balaban J connectivity index is 1.61. The molecule has 0 bridgehead atoms. The van der Waals surface area contributed by atoms with E-state index in [1.165, 1.54) is 32.4 Å². The summed E-state index contributed by atoms with van der Waals surface area (Å²) < 4.78 is 5.95. The normalized spacial score (nSPS) is 15.1. The minimum absolute atomic E-state index is 0.0617. The highest BCUT2D eigenvalue weighted by molar-refractivity contribution is 6.09. The summed E-state index contributed by atoms with van der Waals surface area (Å²) in [4.78, 5) is 15.1. The van der Waals surface area contributed by atoms with E-state index in [2.05, 4.69) is 4.90 Å². The highest BCUT2D eigenvalue weighted by Crippen LogP contribution is 2.21. The molecule has 0 unspecified atom stereocenters. The van der Waals surface area contributed by atoms with E-state index >= 15 is 0 Å². The number of likely N-dealkylation sites (tertiary alicyclic amines) is 1. The molecule has 0 atom stereocenters. The van der Waals surface area contributed by atoms with Gasteiger partial charge in [-0.1, -0.05) is 30.2 Å². The molecule has 0 aromatic heterocycles. The maximum Gasteiger partial charge on any atom is 0.193 e. The Morgan fingerprint density at radius 3 is 2.48 bits per heavy atom. The zero-order valence-electron chi connectivity index (χ0n) is 15.3. The second-order valence-corrected chi connectivity index (χ2v) is 6.93. The van der Waals surface area contributed by atoms with Gasteiger partial charge in [0.2, 0.25) is 0 Å². The molecular weight excluding hydrogens is 310 g/mol. The molecule has 2 aromatic carbocycles. The Kier molecular flexibility index (Phi) is 5.87. The van der Waals surface area contributed by atoms with Crippen LogP contribution < -0.4 is 4.74 Å². The van der Waals surface area contributed by atoms with E-state index in [-0.39, 0.29) is 5.78 Å². The minimum atomic E-state index is 0.0617. The van der Waals surface area contributed by atoms with Gasteiger partial charge in [-0.15, -0.1) is 0 Å². The van der Waals surface area contributed by atoms with Crippen molar-refractivity contribution < 1.29 is 9.53 Å². The quantitative estimate of drug-likeness (QED) is 0.732. The standard InChI is InChI=1S/C22H27NO2/c1-17-7-6-8-19(15-17)22(24)20-9-10-21(18(2)16-20)25-14-13-23-11-4-3-5-12-23/h6-10,15-16H,3-5,11-14H2,1-2H3. The molecule has 0 radical (unpaired) electrons. The largest absolute Gasteiger partial charge is 0.492 e. The highest BCUT2D eigenvalue weighted by Gasteiger charge is 2.12. The average molecular weight is 337 g/mol. The van der Waals surface area contributed by atoms with Gasteiger partial charge in [-0.3, -0.25) is 9.69 Å². The molecule has 3 rings (SSSR count). The van der Waals surface area contributed by atoms with E-state index < -0.39 is 0 Å². The molecule has 1 heterocycles. The van der Waals surface area contributed by atoms with Gasteiger partial charge in [0, 0.05) is 17.7 Å². The fourth-order valence-corrected chi connectivity index (χ4v) is 3.37. The zero-order chi connectivity index (χ0) is 17.6. The van der Waals surface area contributed by atoms with E-state index in [0.717, 1.165) is 29.0 Å². The number of ether oxygens (including phenoxy) is 1. The lowest BCUT2D eigenvalue weighted by Gasteiger charge is -2.26. The molecule has 2 aromatic rings. The first-order chi connectivity index (χ1) is 12.1. The van der Waals surface area contributed by atoms with Crippen molar-refractivity contribution in [3.63, 3.8) is 0 Å². The van der Waals surface area contributed by atoms with Crippen LogP contribution in [0.2, 0.25) is 0 Å². The van der Waals surface area contributed by atoms with Crippen LogP contribution in [0.3, 0.4) is 0 Å². The third-order valence-electron chi connectivity index (χ3n) is 4.83. The number of aryl methyl sites for hydroxylation is 2. The van der Waals surface area contributed by atoms with Gasteiger partial charge in [0.25, 0.3) is 0 Å². The molecule has 0 amide bonds. The fraction of sp³-hybridized carbons (Fsp3) is 0.409. The van der Waals surface area contributed by atoms with Crippen LogP contribution in [-0.2, 0) is 0 Å². The number of rotatable bonds is 6. The molecule has 0 N–H and O–H groups in total. The molecule has 132 valence electrons. The van der Waals surface area contributed by atoms with E-state index in [1.54, 1.807) is 0 Å². The van der Waals surface area contributed by atoms with Crippen LogP contribution in [0.4, 0.5) is 0 Å². The molecule has 0 spiro atoms. The predicted octanol–water partition coefficient (Wildman–Crippen LogP) is 4.40. The number of nitrogens with zero attached hydrogens (tertiary/aromatic N) is 1. The second-order valence-electron chi connectivity index (χ2n) is 6.93. The Morgan fingerprint density at radius 2 is 1.76 bits per heavy atom. The lowest BCUT2D eigenvalue weighted by Crippen LogP contribution is -2.33. The van der Waals surface area contributed by atoms with Gasteiger partial charge in [-0.05, 0) is 69.6 Å². The number of hydrogen-bond donors (Lipinski definition) is 0. The number of ketones is 1. The third kappa shape index (κ3) is 4.70. The van der Waals surface area contributed by atoms with Gasteiger partial charge >= 0.3 is 0 Å². The minimum Gasteiger partial charge on any atom is -0.492 e. The molecule has 0 saturated carbocycles. The van der Waals surface area contributed by atoms with E-state index in [4.69, 9.17) is 4.74 Å². The molecule has 1 aliphatic heterocycles. The Morgan fingerprint density at radius 1 is 1.00 bits per heavy atom. The van der Waals surface area contributed by atoms with Crippen molar-refractivity contribution in [1.82, 2.24) is 4.90 Å². The van der Waals surface area contributed by atoms with Crippen LogP contribution in [0.5, 0.6) is 5.75 Å². The molecule has 3 heteroatoms. The summed E-state index contributed by atoms with van der Waals surface area (Å²) in [5.41, 5.74) is 3.56. The third-order valence-corrected chi connectivity index (χ3v) is 4.83. The lowest BCUT2D eigenvalue weighted by atomic mass is 10.00. The van der Waals surface area contributed by atoms with Crippen molar-refractivity contribution in [2.45, 2.75) is 33.1 Å². The number of hydrogen-bond acceptors (Lipinski definition) is 3. The van der Waals surface area contributed by atoms with Gasteiger partial charge in [0.15, 0.2) is 5.78 Å². The summed E-state index contributed by atoms with van der Waals surface area (Å²) in [6.07, 6.45) is 3.95. The summed E-state index contributed by atoms with van der Waals surface area (Å²) in [5.74, 6) is 0.935. The molecule has 1 saturated heterocycles. The average Bonchev–Trinajstić information content (AvgIpc) is 2.63. The Hall–Kier alpha value is -2.13. The fourth-order valence-electron chi connectivity index (χ4n) is 3.37. The lowest BCUT2D eigenvalue weighted by molar-refractivity contribution is 0.103. The molecule has 1 aliphatic rings. The highest BCUT2D eigenvalue weighted by atomic mass is 16.5. The maximum atomic E-state index is 12.6. The monoisotopic (exact) mass is 337 g/mol. The van der Waals surface area contributed by atoms with Crippen LogP contribution in [0.25, 0.3) is 0 Å². The van der Waals surface area contributed by atoms with Crippen LogP contribution in [0.15, 0.2) is 42.5 Å². The Labute approximate surface area is 150 Å². The zero-order valence-corrected chi connectivity index (χ0v) is 15.3. The van der Waals surface area contributed by atoms with Crippen LogP contribution in [-0.4, -0.2) is 36.9 Å². The van der Waals surface area contributed by atoms with E-state index in [0.29, 0.717) is 12.2 Å². The van der Waals surface area contributed by atoms with Gasteiger partial charge < -0.3 is 4.74 Å². The van der Waals surface area contributed by atoms with E-state index in [1.807, 2.05) is 56.3 Å². The topological polar surface area (TPSA) is 29.5 Å². The first-order valence-electron chi connectivity index (χ1n) is 9.21. The molecule has 1 fully saturated rings. The number of carbonyl (C=O) groups is 1. The second kappa shape index (κ2) is 8.30. The van der Waals surface area contributed by atoms with Gasteiger partial charge in [-0.25, -0.2) is 0 Å². The van der Waals surface area contributed by atoms with Crippen molar-refractivity contribution in [2.75, 3.05) is 26.2 Å². The molecular formula is C22H27NO2. The van der Waals surface area contributed by atoms with Crippen molar-refractivity contribution in [3.05, 3.63) is 64.7 Å². The van der Waals surface area contributed by atoms with Crippen molar-refractivity contribution >= 4 is 5.78 Å². The van der Waals surface area contributed by atoms with Gasteiger partial charge in [-0.2, -0.15) is 0 Å². The smallest absolute Gasteiger partial charge is 0.193 e. The number of benzene rings is 2. The maximum absolute atomic E-state index is 12.6. The van der Waals surface area contributed by atoms with Crippen molar-refractivity contribution in [3.8, 4) is 5.75 Å². The molecule has 0 aliphatic carbocycles. The summed E-state index contributed by atoms with van der Waals surface area (Å²) in [7, 11) is 0. The van der Waals surface area contributed by atoms with Crippen LogP contribution >= 0.6 is 0 Å². The number of piperidine rings is 1. The summed E-state index contributed by atoms with van der Waals surface area (Å²) >= 11 is 0. The molecule has 3 nitrogen and oxygen atoms in total. The summed E-state index contributed by atoms with van der Waals surface area (Å²) in [6.45, 7) is 8.05. The van der Waals surface area contributed by atoms with Crippen LogP contribution in [0.1, 0.15) is 46.3 Å². The Bertz CT molecular complexity index is 733. The number of carbonyl (C=O) groups excluding carboxylic acids is 1.